The third kappa shape index (κ3) is 3.79. The minimum atomic E-state index is 0.116. The summed E-state index contributed by atoms with van der Waals surface area (Å²) < 4.78 is 17.5. The van der Waals surface area contributed by atoms with Crippen LogP contribution < -0.4 is 14.8 Å². The summed E-state index contributed by atoms with van der Waals surface area (Å²) in [7, 11) is 0. The Morgan fingerprint density at radius 3 is 2.18 bits per heavy atom. The zero-order valence-corrected chi connectivity index (χ0v) is 16.2. The Labute approximate surface area is 164 Å². The zero-order chi connectivity index (χ0) is 19.5. The molecule has 28 heavy (non-hydrogen) atoms. The number of rotatable bonds is 8. The first-order valence-corrected chi connectivity index (χ1v) is 9.78. The van der Waals surface area contributed by atoms with Crippen molar-refractivity contribution in [1.82, 2.24) is 0 Å². The lowest BCUT2D eigenvalue weighted by molar-refractivity contribution is 0.323. The quantitative estimate of drug-likeness (QED) is 0.526. The molecule has 0 unspecified atom stereocenters. The first-order chi connectivity index (χ1) is 13.7. The van der Waals surface area contributed by atoms with Crippen LogP contribution >= 0.6 is 0 Å². The van der Waals surface area contributed by atoms with Crippen LogP contribution in [0, 0.1) is 0 Å². The van der Waals surface area contributed by atoms with Crippen molar-refractivity contribution in [3.8, 4) is 39.7 Å². The molecule has 1 saturated carbocycles. The summed E-state index contributed by atoms with van der Waals surface area (Å²) in [6.07, 6.45) is 2.20. The molecule has 146 valence electrons. The highest BCUT2D eigenvalue weighted by Crippen LogP contribution is 2.48. The summed E-state index contributed by atoms with van der Waals surface area (Å²) in [6, 6.07) is 15.7. The first-order valence-electron chi connectivity index (χ1n) is 9.78. The van der Waals surface area contributed by atoms with E-state index in [1.807, 2.05) is 62.4 Å². The molecule has 3 aromatic rings. The van der Waals surface area contributed by atoms with Gasteiger partial charge in [-0.05, 0) is 44.4 Å². The van der Waals surface area contributed by atoms with Gasteiger partial charge >= 0.3 is 0 Å². The van der Waals surface area contributed by atoms with Crippen molar-refractivity contribution >= 4 is 5.88 Å². The van der Waals surface area contributed by atoms with Crippen LogP contribution in [0.15, 0.2) is 52.9 Å². The molecule has 2 N–H and O–H groups in total. The third-order valence-electron chi connectivity index (χ3n) is 4.62. The van der Waals surface area contributed by atoms with Gasteiger partial charge in [0.25, 0.3) is 0 Å². The third-order valence-corrected chi connectivity index (χ3v) is 4.62. The number of furan rings is 1. The standard InChI is InChI=1S/C23H25NO4/c1-3-26-18-12-16(13-19(14-18)27-4-2)20-21(25)22(15-8-6-5-7-9-15)28-23(20)24-17-10-11-17/h5-9,12-14,17,24-25H,3-4,10-11H2,1-2H3. The molecule has 5 nitrogen and oxygen atoms in total. The normalized spacial score (nSPS) is 13.4. The van der Waals surface area contributed by atoms with E-state index in [4.69, 9.17) is 13.9 Å². The lowest BCUT2D eigenvalue weighted by Crippen LogP contribution is -2.01. The van der Waals surface area contributed by atoms with Gasteiger partial charge in [0.1, 0.15) is 11.5 Å². The average molecular weight is 379 g/mol. The van der Waals surface area contributed by atoms with Crippen molar-refractivity contribution in [3.63, 3.8) is 0 Å². The van der Waals surface area contributed by atoms with Crippen molar-refractivity contribution in [1.29, 1.82) is 0 Å². The molecule has 1 heterocycles. The Morgan fingerprint density at radius 1 is 0.964 bits per heavy atom. The molecule has 1 fully saturated rings. The smallest absolute Gasteiger partial charge is 0.205 e. The Hall–Kier alpha value is -3.08. The van der Waals surface area contributed by atoms with Crippen LogP contribution in [0.2, 0.25) is 0 Å². The number of hydrogen-bond donors (Lipinski definition) is 2. The lowest BCUT2D eigenvalue weighted by atomic mass is 10.0. The van der Waals surface area contributed by atoms with Gasteiger partial charge in [-0.2, -0.15) is 0 Å². The van der Waals surface area contributed by atoms with Crippen LogP contribution in [0.5, 0.6) is 17.2 Å². The molecule has 1 aliphatic carbocycles. The number of anilines is 1. The molecule has 0 saturated heterocycles. The van der Waals surface area contributed by atoms with Gasteiger partial charge in [0.05, 0.1) is 18.8 Å². The summed E-state index contributed by atoms with van der Waals surface area (Å²) in [6.45, 7) is 4.98. The van der Waals surface area contributed by atoms with Gasteiger partial charge in [0.15, 0.2) is 11.5 Å². The van der Waals surface area contributed by atoms with Gasteiger partial charge < -0.3 is 24.3 Å². The van der Waals surface area contributed by atoms with E-state index >= 15 is 0 Å². The fourth-order valence-corrected chi connectivity index (χ4v) is 3.21. The molecule has 0 spiro atoms. The fraction of sp³-hybridized carbons (Fsp3) is 0.304. The van der Waals surface area contributed by atoms with E-state index in [0.29, 0.717) is 48.0 Å². The minimum Gasteiger partial charge on any atom is -0.504 e. The fourth-order valence-electron chi connectivity index (χ4n) is 3.21. The van der Waals surface area contributed by atoms with Crippen LogP contribution in [-0.4, -0.2) is 24.4 Å². The Bertz CT molecular complexity index is 920. The maximum Gasteiger partial charge on any atom is 0.205 e. The number of ether oxygens (including phenoxy) is 2. The maximum absolute atomic E-state index is 11.1. The van der Waals surface area contributed by atoms with Crippen LogP contribution in [0.25, 0.3) is 22.5 Å². The van der Waals surface area contributed by atoms with Crippen molar-refractivity contribution < 1.29 is 19.0 Å². The van der Waals surface area contributed by atoms with E-state index in [2.05, 4.69) is 5.32 Å². The highest BCUT2D eigenvalue weighted by molar-refractivity contribution is 5.88. The van der Waals surface area contributed by atoms with Crippen molar-refractivity contribution in [2.75, 3.05) is 18.5 Å². The molecular formula is C23H25NO4. The Morgan fingerprint density at radius 2 is 1.61 bits per heavy atom. The summed E-state index contributed by atoms with van der Waals surface area (Å²) in [4.78, 5) is 0. The van der Waals surface area contributed by atoms with Crippen LogP contribution in [0.4, 0.5) is 5.88 Å². The molecule has 4 rings (SSSR count). The minimum absolute atomic E-state index is 0.116. The molecule has 1 aliphatic rings. The van der Waals surface area contributed by atoms with E-state index in [9.17, 15) is 5.11 Å². The van der Waals surface area contributed by atoms with Gasteiger partial charge in [0.2, 0.25) is 5.88 Å². The summed E-state index contributed by atoms with van der Waals surface area (Å²) >= 11 is 0. The Balaban J connectivity index is 1.84. The van der Waals surface area contributed by atoms with E-state index < -0.39 is 0 Å². The lowest BCUT2D eigenvalue weighted by Gasteiger charge is -2.11. The molecule has 5 heteroatoms. The molecule has 0 bridgehead atoms. The Kier molecular flexibility index (Phi) is 5.15. The first kappa shape index (κ1) is 18.3. The number of nitrogens with one attached hydrogen (secondary N) is 1. The second-order valence-electron chi connectivity index (χ2n) is 6.83. The summed E-state index contributed by atoms with van der Waals surface area (Å²) in [5, 5.41) is 14.5. The molecule has 1 aromatic heterocycles. The highest BCUT2D eigenvalue weighted by Gasteiger charge is 2.28. The van der Waals surface area contributed by atoms with E-state index in [-0.39, 0.29) is 5.75 Å². The van der Waals surface area contributed by atoms with Gasteiger partial charge in [0, 0.05) is 17.7 Å². The molecular weight excluding hydrogens is 354 g/mol. The second-order valence-corrected chi connectivity index (χ2v) is 6.83. The largest absolute Gasteiger partial charge is 0.504 e. The van der Waals surface area contributed by atoms with Crippen molar-refractivity contribution in [2.24, 2.45) is 0 Å². The highest BCUT2D eigenvalue weighted by atomic mass is 16.5. The topological polar surface area (TPSA) is 63.9 Å². The number of hydrogen-bond acceptors (Lipinski definition) is 5. The van der Waals surface area contributed by atoms with Crippen LogP contribution in [0.3, 0.4) is 0 Å². The molecule has 0 radical (unpaired) electrons. The number of benzene rings is 2. The van der Waals surface area contributed by atoms with Crippen LogP contribution in [0.1, 0.15) is 26.7 Å². The van der Waals surface area contributed by atoms with Crippen molar-refractivity contribution in [3.05, 3.63) is 48.5 Å². The molecule has 0 atom stereocenters. The van der Waals surface area contributed by atoms with Crippen molar-refractivity contribution in [2.45, 2.75) is 32.7 Å². The molecule has 2 aromatic carbocycles. The predicted molar refractivity (Wildman–Crippen MR) is 110 cm³/mol. The van der Waals surface area contributed by atoms with Crippen LogP contribution in [-0.2, 0) is 0 Å². The SMILES string of the molecule is CCOc1cc(OCC)cc(-c2c(NC3CC3)oc(-c3ccccc3)c2O)c1. The monoisotopic (exact) mass is 379 g/mol. The van der Waals surface area contributed by atoms with E-state index in [1.54, 1.807) is 0 Å². The maximum atomic E-state index is 11.1. The number of aromatic hydroxyl groups is 1. The van der Waals surface area contributed by atoms with E-state index in [1.165, 1.54) is 0 Å². The summed E-state index contributed by atoms with van der Waals surface area (Å²) in [5.74, 6) is 2.55. The van der Waals surface area contributed by atoms with Gasteiger partial charge in [-0.3, -0.25) is 0 Å². The molecule has 0 aliphatic heterocycles. The predicted octanol–water partition coefficient (Wildman–Crippen LogP) is 5.69. The van der Waals surface area contributed by atoms with Gasteiger partial charge in [-0.15, -0.1) is 0 Å². The second kappa shape index (κ2) is 7.89. The van der Waals surface area contributed by atoms with Gasteiger partial charge in [-0.25, -0.2) is 0 Å². The summed E-state index contributed by atoms with van der Waals surface area (Å²) in [5.41, 5.74) is 2.25. The van der Waals surface area contributed by atoms with E-state index in [0.717, 1.165) is 24.0 Å². The zero-order valence-electron chi connectivity index (χ0n) is 16.2. The van der Waals surface area contributed by atoms with Gasteiger partial charge in [-0.1, -0.05) is 30.3 Å². The molecule has 0 amide bonds. The average Bonchev–Trinajstić information content (AvgIpc) is 3.45.